The van der Waals surface area contributed by atoms with Crippen LogP contribution in [0.5, 0.6) is 0 Å². The standard InChI is InChI=1S/C14H20N4O3S.C2HF3O2/c1-10(19)22-13-3-5-15-8-11(13)7-12-9-16-17-18(12)6-4-14(20)21-2;3-2(4,5)1(6)7/h7,9,13,15H,3-6,8H2,1-2H3;(H,6,7). The van der Waals surface area contributed by atoms with Crippen molar-refractivity contribution < 1.29 is 37.4 Å². The number of aliphatic carboxylic acids is 1. The lowest BCUT2D eigenvalue weighted by Gasteiger charge is -2.24. The van der Waals surface area contributed by atoms with E-state index in [9.17, 15) is 22.8 Å². The summed E-state index contributed by atoms with van der Waals surface area (Å²) in [5, 5.41) is 18.6. The van der Waals surface area contributed by atoms with Crippen LogP contribution in [0.2, 0.25) is 0 Å². The molecule has 2 N–H and O–H groups in total. The van der Waals surface area contributed by atoms with Crippen LogP contribution >= 0.6 is 11.8 Å². The number of ether oxygens (including phenoxy) is 1. The molecule has 2 rings (SSSR count). The maximum absolute atomic E-state index is 11.4. The number of aryl methyl sites for hydroxylation is 1. The van der Waals surface area contributed by atoms with Crippen LogP contribution in [0.25, 0.3) is 6.08 Å². The molecule has 13 heteroatoms. The van der Waals surface area contributed by atoms with Crippen LogP contribution in [0.15, 0.2) is 11.8 Å². The van der Waals surface area contributed by atoms with Crippen LogP contribution < -0.4 is 5.32 Å². The Morgan fingerprint density at radius 2 is 2.10 bits per heavy atom. The monoisotopic (exact) mass is 438 g/mol. The fourth-order valence-corrected chi connectivity index (χ4v) is 3.22. The molecule has 1 fully saturated rings. The molecule has 0 aliphatic carbocycles. The summed E-state index contributed by atoms with van der Waals surface area (Å²) in [7, 11) is 1.36. The lowest BCUT2D eigenvalue weighted by Crippen LogP contribution is -2.32. The fourth-order valence-electron chi connectivity index (χ4n) is 2.28. The van der Waals surface area contributed by atoms with Gasteiger partial charge in [0.2, 0.25) is 0 Å². The third kappa shape index (κ3) is 9.09. The van der Waals surface area contributed by atoms with Gasteiger partial charge >= 0.3 is 18.1 Å². The van der Waals surface area contributed by atoms with Crippen molar-refractivity contribution in [2.24, 2.45) is 0 Å². The molecule has 1 aliphatic heterocycles. The maximum atomic E-state index is 11.4. The summed E-state index contributed by atoms with van der Waals surface area (Å²) in [5.41, 5.74) is 1.98. The van der Waals surface area contributed by atoms with E-state index in [0.29, 0.717) is 6.54 Å². The molecular weight excluding hydrogens is 417 g/mol. The predicted molar refractivity (Wildman–Crippen MR) is 97.9 cm³/mol. The normalized spacial score (nSPS) is 18.0. The number of carbonyl (C=O) groups excluding carboxylic acids is 2. The number of carbonyl (C=O) groups is 3. The summed E-state index contributed by atoms with van der Waals surface area (Å²) in [6.45, 7) is 3.66. The van der Waals surface area contributed by atoms with Crippen LogP contribution in [0, 0.1) is 0 Å². The van der Waals surface area contributed by atoms with E-state index < -0.39 is 12.1 Å². The molecule has 1 atom stereocenters. The molecule has 2 heterocycles. The molecule has 0 spiro atoms. The van der Waals surface area contributed by atoms with Gasteiger partial charge in [-0.3, -0.25) is 9.59 Å². The Kier molecular flexibility index (Phi) is 9.81. The number of carboxylic acids is 1. The summed E-state index contributed by atoms with van der Waals surface area (Å²) in [6.07, 6.45) is -0.252. The Labute approximate surface area is 168 Å². The van der Waals surface area contributed by atoms with Gasteiger partial charge in [0.1, 0.15) is 0 Å². The second-order valence-electron chi connectivity index (χ2n) is 5.79. The van der Waals surface area contributed by atoms with E-state index in [0.717, 1.165) is 30.8 Å². The molecule has 1 saturated heterocycles. The van der Waals surface area contributed by atoms with Crippen molar-refractivity contribution in [1.29, 1.82) is 0 Å². The van der Waals surface area contributed by atoms with Gasteiger partial charge in [-0.05, 0) is 24.6 Å². The van der Waals surface area contributed by atoms with Gasteiger partial charge in [-0.15, -0.1) is 5.10 Å². The number of alkyl halides is 3. The first-order valence-electron chi connectivity index (χ1n) is 8.38. The highest BCUT2D eigenvalue weighted by Crippen LogP contribution is 2.26. The van der Waals surface area contributed by atoms with Gasteiger partial charge in [0.25, 0.3) is 0 Å². The second kappa shape index (κ2) is 11.6. The largest absolute Gasteiger partial charge is 0.490 e. The number of methoxy groups -OCH3 is 1. The van der Waals surface area contributed by atoms with Gasteiger partial charge in [-0.1, -0.05) is 17.0 Å². The SMILES string of the molecule is COC(=O)CCn1nncc1C=C1CNCCC1SC(C)=O.O=C(O)C(F)(F)F. The molecule has 9 nitrogen and oxygen atoms in total. The number of nitrogens with one attached hydrogen (secondary N) is 1. The van der Waals surface area contributed by atoms with E-state index in [1.54, 1.807) is 17.8 Å². The summed E-state index contributed by atoms with van der Waals surface area (Å²) in [5.74, 6) is -3.04. The van der Waals surface area contributed by atoms with Gasteiger partial charge < -0.3 is 15.2 Å². The molecule has 1 aromatic heterocycles. The Morgan fingerprint density at radius 3 is 2.66 bits per heavy atom. The van der Waals surface area contributed by atoms with Crippen LogP contribution in [0.1, 0.15) is 25.5 Å². The van der Waals surface area contributed by atoms with Gasteiger partial charge in [0.15, 0.2) is 5.12 Å². The Bertz CT molecular complexity index is 751. The minimum Gasteiger partial charge on any atom is -0.475 e. The lowest BCUT2D eigenvalue weighted by atomic mass is 10.0. The number of nitrogens with zero attached hydrogens (tertiary/aromatic N) is 3. The van der Waals surface area contributed by atoms with E-state index in [1.165, 1.54) is 18.9 Å². The number of aromatic nitrogens is 3. The van der Waals surface area contributed by atoms with Gasteiger partial charge in [0.05, 0.1) is 32.0 Å². The lowest BCUT2D eigenvalue weighted by molar-refractivity contribution is -0.192. The summed E-state index contributed by atoms with van der Waals surface area (Å²) in [6, 6.07) is 0. The second-order valence-corrected chi connectivity index (χ2v) is 7.17. The van der Waals surface area contributed by atoms with Crippen molar-refractivity contribution in [3.8, 4) is 0 Å². The van der Waals surface area contributed by atoms with Crippen molar-refractivity contribution in [3.63, 3.8) is 0 Å². The highest BCUT2D eigenvalue weighted by atomic mass is 32.2. The first-order valence-corrected chi connectivity index (χ1v) is 9.26. The molecule has 0 aromatic carbocycles. The van der Waals surface area contributed by atoms with E-state index in [4.69, 9.17) is 9.90 Å². The molecule has 0 saturated carbocycles. The van der Waals surface area contributed by atoms with Crippen molar-refractivity contribution in [2.75, 3.05) is 20.2 Å². The maximum Gasteiger partial charge on any atom is 0.490 e. The third-order valence-electron chi connectivity index (χ3n) is 3.61. The number of halogens is 3. The average Bonchev–Trinajstić information content (AvgIpc) is 3.07. The van der Waals surface area contributed by atoms with Crippen molar-refractivity contribution in [2.45, 2.75) is 37.7 Å². The van der Waals surface area contributed by atoms with Crippen LogP contribution in [0.4, 0.5) is 13.2 Å². The first-order chi connectivity index (χ1) is 13.5. The number of hydrogen-bond acceptors (Lipinski definition) is 8. The molecule has 0 amide bonds. The molecule has 1 aromatic rings. The molecule has 1 unspecified atom stereocenters. The number of hydrogen-bond donors (Lipinski definition) is 2. The van der Waals surface area contributed by atoms with Gasteiger partial charge in [0, 0.05) is 18.7 Å². The van der Waals surface area contributed by atoms with Crippen LogP contribution in [0.3, 0.4) is 0 Å². The van der Waals surface area contributed by atoms with Gasteiger partial charge in [-0.2, -0.15) is 13.2 Å². The Morgan fingerprint density at radius 1 is 1.45 bits per heavy atom. The number of esters is 1. The fraction of sp³-hybridized carbons (Fsp3) is 0.562. The van der Waals surface area contributed by atoms with Crippen molar-refractivity contribution >= 4 is 34.9 Å². The molecule has 0 bridgehead atoms. The van der Waals surface area contributed by atoms with E-state index >= 15 is 0 Å². The Balaban J connectivity index is 0.000000516. The number of carboxylic acid groups (broad SMARTS) is 1. The molecule has 162 valence electrons. The highest BCUT2D eigenvalue weighted by molar-refractivity contribution is 8.14. The average molecular weight is 438 g/mol. The molecular formula is C16H21F3N4O5S. The highest BCUT2D eigenvalue weighted by Gasteiger charge is 2.38. The van der Waals surface area contributed by atoms with E-state index in [2.05, 4.69) is 20.4 Å². The van der Waals surface area contributed by atoms with E-state index in [1.807, 2.05) is 6.08 Å². The zero-order valence-electron chi connectivity index (χ0n) is 15.7. The number of piperidine rings is 1. The van der Waals surface area contributed by atoms with Crippen molar-refractivity contribution in [3.05, 3.63) is 17.5 Å². The Hall–Kier alpha value is -2.41. The molecule has 0 radical (unpaired) electrons. The molecule has 1 aliphatic rings. The number of thioether (sulfide) groups is 1. The van der Waals surface area contributed by atoms with E-state index in [-0.39, 0.29) is 22.8 Å². The first kappa shape index (κ1) is 24.6. The molecule has 29 heavy (non-hydrogen) atoms. The summed E-state index contributed by atoms with van der Waals surface area (Å²) < 4.78 is 38.0. The zero-order valence-corrected chi connectivity index (χ0v) is 16.5. The summed E-state index contributed by atoms with van der Waals surface area (Å²) in [4.78, 5) is 31.5. The quantitative estimate of drug-likeness (QED) is 0.658. The predicted octanol–water partition coefficient (Wildman–Crippen LogP) is 1.50. The van der Waals surface area contributed by atoms with Crippen LogP contribution in [-0.2, 0) is 25.7 Å². The van der Waals surface area contributed by atoms with Crippen molar-refractivity contribution in [1.82, 2.24) is 20.3 Å². The van der Waals surface area contributed by atoms with Gasteiger partial charge in [-0.25, -0.2) is 9.48 Å². The minimum absolute atomic E-state index is 0.120. The topological polar surface area (TPSA) is 123 Å². The third-order valence-corrected chi connectivity index (χ3v) is 4.77. The smallest absolute Gasteiger partial charge is 0.475 e. The summed E-state index contributed by atoms with van der Waals surface area (Å²) >= 11 is 1.36. The zero-order chi connectivity index (χ0) is 22.0. The van der Waals surface area contributed by atoms with Crippen LogP contribution in [-0.4, -0.2) is 68.8 Å². The minimum atomic E-state index is -5.08. The number of rotatable bonds is 5.